The molecular weight excluding hydrogens is 278 g/mol. The van der Waals surface area contributed by atoms with Gasteiger partial charge in [0, 0.05) is 5.69 Å². The number of thiophene rings is 1. The number of nitrogens with one attached hydrogen (secondary N) is 1. The first-order valence-electron chi connectivity index (χ1n) is 7.73. The zero-order valence-corrected chi connectivity index (χ0v) is 13.4. The zero-order valence-electron chi connectivity index (χ0n) is 12.6. The van der Waals surface area contributed by atoms with Gasteiger partial charge in [-0.1, -0.05) is 50.8 Å². The fraction of sp³-hybridized carbons (Fsp3) is 0.389. The van der Waals surface area contributed by atoms with Crippen LogP contribution in [0.3, 0.4) is 0 Å². The molecule has 1 heterocycles. The third-order valence-corrected chi connectivity index (χ3v) is 4.39. The van der Waals surface area contributed by atoms with Crippen LogP contribution in [0, 0.1) is 0 Å². The van der Waals surface area contributed by atoms with Crippen LogP contribution in [-0.4, -0.2) is 5.91 Å². The van der Waals surface area contributed by atoms with Crippen molar-refractivity contribution in [3.8, 4) is 0 Å². The van der Waals surface area contributed by atoms with Gasteiger partial charge in [-0.15, -0.1) is 11.3 Å². The van der Waals surface area contributed by atoms with Crippen LogP contribution in [0.1, 0.15) is 54.3 Å². The summed E-state index contributed by atoms with van der Waals surface area (Å²) in [7, 11) is 0. The number of unbranched alkanes of at least 4 members (excludes halogenated alkanes) is 4. The van der Waals surface area contributed by atoms with Crippen molar-refractivity contribution in [1.82, 2.24) is 0 Å². The minimum Gasteiger partial charge on any atom is -0.321 e. The van der Waals surface area contributed by atoms with Crippen LogP contribution in [0.25, 0.3) is 0 Å². The second-order valence-corrected chi connectivity index (χ2v) is 6.24. The van der Waals surface area contributed by atoms with E-state index in [9.17, 15) is 4.79 Å². The van der Waals surface area contributed by atoms with E-state index in [0.717, 1.165) is 17.0 Å². The predicted octanol–water partition coefficient (Wildman–Crippen LogP) is 5.51. The Hall–Kier alpha value is -1.61. The molecule has 0 saturated heterocycles. The minimum atomic E-state index is -0.0303. The zero-order chi connectivity index (χ0) is 14.9. The maximum Gasteiger partial charge on any atom is 0.265 e. The highest BCUT2D eigenvalue weighted by Crippen LogP contribution is 2.15. The van der Waals surface area contributed by atoms with Crippen LogP contribution in [0.4, 0.5) is 5.69 Å². The van der Waals surface area contributed by atoms with Gasteiger partial charge in [0.1, 0.15) is 0 Å². The Labute approximate surface area is 131 Å². The lowest BCUT2D eigenvalue weighted by Crippen LogP contribution is -2.09. The highest BCUT2D eigenvalue weighted by molar-refractivity contribution is 7.12. The maximum atomic E-state index is 11.9. The van der Waals surface area contributed by atoms with Gasteiger partial charge in [0.15, 0.2) is 0 Å². The Morgan fingerprint density at radius 1 is 1.05 bits per heavy atom. The molecule has 0 atom stereocenters. The fourth-order valence-electron chi connectivity index (χ4n) is 2.29. The maximum absolute atomic E-state index is 11.9. The number of anilines is 1. The molecule has 2 aromatic rings. The Kier molecular flexibility index (Phi) is 6.48. The second kappa shape index (κ2) is 8.63. The third kappa shape index (κ3) is 5.35. The van der Waals surface area contributed by atoms with Gasteiger partial charge >= 0.3 is 0 Å². The van der Waals surface area contributed by atoms with Gasteiger partial charge in [-0.3, -0.25) is 4.79 Å². The van der Waals surface area contributed by atoms with Crippen molar-refractivity contribution >= 4 is 22.9 Å². The van der Waals surface area contributed by atoms with Crippen molar-refractivity contribution in [3.05, 3.63) is 52.2 Å². The quantitative estimate of drug-likeness (QED) is 0.640. The van der Waals surface area contributed by atoms with Gasteiger partial charge < -0.3 is 5.32 Å². The number of benzene rings is 1. The summed E-state index contributed by atoms with van der Waals surface area (Å²) in [5, 5.41) is 4.84. The van der Waals surface area contributed by atoms with E-state index in [1.54, 1.807) is 0 Å². The van der Waals surface area contributed by atoms with Gasteiger partial charge in [-0.05, 0) is 42.0 Å². The topological polar surface area (TPSA) is 29.1 Å². The molecule has 112 valence electrons. The summed E-state index contributed by atoms with van der Waals surface area (Å²) in [4.78, 5) is 12.7. The van der Waals surface area contributed by atoms with Crippen LogP contribution in [0.15, 0.2) is 41.8 Å². The normalized spacial score (nSPS) is 10.5. The first-order valence-corrected chi connectivity index (χ1v) is 8.61. The monoisotopic (exact) mass is 301 g/mol. The summed E-state index contributed by atoms with van der Waals surface area (Å²) in [6.07, 6.45) is 7.66. The van der Waals surface area contributed by atoms with Gasteiger partial charge in [0.05, 0.1) is 4.88 Å². The van der Waals surface area contributed by atoms with E-state index < -0.39 is 0 Å². The van der Waals surface area contributed by atoms with E-state index in [0.29, 0.717) is 0 Å². The van der Waals surface area contributed by atoms with Gasteiger partial charge in [-0.2, -0.15) is 0 Å². The summed E-state index contributed by atoms with van der Waals surface area (Å²) >= 11 is 1.46. The van der Waals surface area contributed by atoms with Gasteiger partial charge in [0.2, 0.25) is 0 Å². The Morgan fingerprint density at radius 3 is 2.48 bits per heavy atom. The Bertz CT molecular complexity index is 531. The predicted molar refractivity (Wildman–Crippen MR) is 91.2 cm³/mol. The molecular formula is C18H23NOS. The highest BCUT2D eigenvalue weighted by Gasteiger charge is 2.06. The van der Waals surface area contributed by atoms with Crippen molar-refractivity contribution in [2.45, 2.75) is 45.4 Å². The third-order valence-electron chi connectivity index (χ3n) is 3.53. The van der Waals surface area contributed by atoms with Crippen molar-refractivity contribution in [3.63, 3.8) is 0 Å². The summed E-state index contributed by atoms with van der Waals surface area (Å²) in [5.41, 5.74) is 2.21. The van der Waals surface area contributed by atoms with E-state index in [4.69, 9.17) is 0 Å². The highest BCUT2D eigenvalue weighted by atomic mass is 32.1. The summed E-state index contributed by atoms with van der Waals surface area (Å²) in [6, 6.07) is 11.9. The summed E-state index contributed by atoms with van der Waals surface area (Å²) < 4.78 is 0. The number of amides is 1. The number of rotatable bonds is 8. The average Bonchev–Trinajstić information content (AvgIpc) is 3.03. The van der Waals surface area contributed by atoms with E-state index in [1.165, 1.54) is 49.0 Å². The molecule has 0 saturated carbocycles. The first kappa shape index (κ1) is 15.8. The smallest absolute Gasteiger partial charge is 0.265 e. The average molecular weight is 301 g/mol. The molecule has 0 bridgehead atoms. The van der Waals surface area contributed by atoms with E-state index in [2.05, 4.69) is 24.4 Å². The van der Waals surface area contributed by atoms with Crippen molar-refractivity contribution in [1.29, 1.82) is 0 Å². The number of aryl methyl sites for hydroxylation is 1. The molecule has 0 aliphatic carbocycles. The van der Waals surface area contributed by atoms with E-state index >= 15 is 0 Å². The lowest BCUT2D eigenvalue weighted by molar-refractivity contribution is 0.103. The number of carbonyl (C=O) groups excluding carboxylic acids is 1. The van der Waals surface area contributed by atoms with Crippen LogP contribution in [0.2, 0.25) is 0 Å². The summed E-state index contributed by atoms with van der Waals surface area (Å²) in [6.45, 7) is 2.24. The number of carbonyl (C=O) groups is 1. The van der Waals surface area contributed by atoms with E-state index in [1.807, 2.05) is 29.6 Å². The molecule has 21 heavy (non-hydrogen) atoms. The summed E-state index contributed by atoms with van der Waals surface area (Å²) in [5.74, 6) is -0.0303. The number of hydrogen-bond acceptors (Lipinski definition) is 2. The Morgan fingerprint density at radius 2 is 1.81 bits per heavy atom. The lowest BCUT2D eigenvalue weighted by atomic mass is 10.1. The molecule has 1 N–H and O–H groups in total. The molecule has 1 amide bonds. The van der Waals surface area contributed by atoms with Crippen molar-refractivity contribution in [2.75, 3.05) is 5.32 Å². The lowest BCUT2D eigenvalue weighted by Gasteiger charge is -2.06. The van der Waals surface area contributed by atoms with Crippen LogP contribution < -0.4 is 5.32 Å². The fourth-order valence-corrected chi connectivity index (χ4v) is 2.91. The van der Waals surface area contributed by atoms with Crippen LogP contribution in [-0.2, 0) is 6.42 Å². The Balaban J connectivity index is 1.78. The van der Waals surface area contributed by atoms with Gasteiger partial charge in [0.25, 0.3) is 5.91 Å². The van der Waals surface area contributed by atoms with Crippen LogP contribution >= 0.6 is 11.3 Å². The molecule has 0 unspecified atom stereocenters. The molecule has 2 nitrogen and oxygen atoms in total. The SMILES string of the molecule is CCCCCCCc1ccc(NC(=O)c2cccs2)cc1. The molecule has 1 aromatic heterocycles. The second-order valence-electron chi connectivity index (χ2n) is 5.29. The van der Waals surface area contributed by atoms with Gasteiger partial charge in [-0.25, -0.2) is 0 Å². The number of hydrogen-bond donors (Lipinski definition) is 1. The molecule has 2 rings (SSSR count). The standard InChI is InChI=1S/C18H23NOS/c1-2-3-4-5-6-8-15-10-12-16(13-11-15)19-18(20)17-9-7-14-21-17/h7,9-14H,2-6,8H2,1H3,(H,19,20). The molecule has 0 spiro atoms. The van der Waals surface area contributed by atoms with Crippen molar-refractivity contribution < 1.29 is 4.79 Å². The van der Waals surface area contributed by atoms with E-state index in [-0.39, 0.29) is 5.91 Å². The molecule has 0 fully saturated rings. The molecule has 1 aromatic carbocycles. The van der Waals surface area contributed by atoms with Crippen LogP contribution in [0.5, 0.6) is 0 Å². The molecule has 0 aliphatic rings. The minimum absolute atomic E-state index is 0.0303. The largest absolute Gasteiger partial charge is 0.321 e. The molecule has 0 radical (unpaired) electrons. The van der Waals surface area contributed by atoms with Crippen molar-refractivity contribution in [2.24, 2.45) is 0 Å². The molecule has 3 heteroatoms. The molecule has 0 aliphatic heterocycles. The first-order chi connectivity index (χ1) is 10.3.